The van der Waals surface area contributed by atoms with Crippen LogP contribution in [0.15, 0.2) is 84.9 Å². The van der Waals surface area contributed by atoms with E-state index in [-0.39, 0.29) is 18.7 Å². The van der Waals surface area contributed by atoms with Gasteiger partial charge in [-0.2, -0.15) is 0 Å². The zero-order valence-corrected chi connectivity index (χ0v) is 27.5. The number of carbonyl (C=O) groups excluding carboxylic acids is 2. The number of hydrogen-bond acceptors (Lipinski definition) is 5. The average Bonchev–Trinajstić information content (AvgIpc) is 2.95. The third-order valence-corrected chi connectivity index (χ3v) is 7.41. The zero-order chi connectivity index (χ0) is 30.9. The fourth-order valence-electron chi connectivity index (χ4n) is 5.57. The van der Waals surface area contributed by atoms with Crippen LogP contribution in [-0.4, -0.2) is 18.5 Å². The molecule has 0 aliphatic carbocycles. The summed E-state index contributed by atoms with van der Waals surface area (Å²) in [5, 5.41) is 22.1. The number of carboxylic acids is 2. The first kappa shape index (κ1) is 36.7. The molecule has 45 heavy (non-hydrogen) atoms. The van der Waals surface area contributed by atoms with Gasteiger partial charge in [0.25, 0.3) is 0 Å². The van der Waals surface area contributed by atoms with Crippen molar-refractivity contribution >= 4 is 11.9 Å². The molecule has 0 heterocycles. The number of hydrogen-bond donors (Lipinski definition) is 2. The van der Waals surface area contributed by atoms with Gasteiger partial charge in [0.15, 0.2) is 0 Å². The van der Waals surface area contributed by atoms with Gasteiger partial charge in [-0.25, -0.2) is 0 Å². The van der Waals surface area contributed by atoms with Crippen LogP contribution in [0.25, 0.3) is 22.3 Å². The predicted octanol–water partition coefficient (Wildman–Crippen LogP) is 6.57. The number of aliphatic carboxylic acids is 2. The molecule has 0 spiro atoms. The molecule has 0 bridgehead atoms. The predicted molar refractivity (Wildman–Crippen MR) is 179 cm³/mol. The molecule has 0 amide bonds. The highest BCUT2D eigenvalue weighted by molar-refractivity contribution is 5.77. The highest BCUT2D eigenvalue weighted by atomic mass is 16.5. The normalized spacial score (nSPS) is 10.7. The molecule has 4 aromatic rings. The Morgan fingerprint density at radius 3 is 1.84 bits per heavy atom. The van der Waals surface area contributed by atoms with Gasteiger partial charge < -0.3 is 36.8 Å². The summed E-state index contributed by atoms with van der Waals surface area (Å²) in [5.74, 6) is -0.911. The first-order valence-corrected chi connectivity index (χ1v) is 15.0. The van der Waals surface area contributed by atoms with Gasteiger partial charge >= 0.3 is 0 Å². The average molecular weight is 613 g/mol. The van der Waals surface area contributed by atoms with E-state index < -0.39 is 18.5 Å². The van der Waals surface area contributed by atoms with E-state index in [1.54, 1.807) is 0 Å². The molecule has 0 aliphatic rings. The lowest BCUT2D eigenvalue weighted by Gasteiger charge is -2.19. The Bertz CT molecular complexity index is 1560. The summed E-state index contributed by atoms with van der Waals surface area (Å²) in [4.78, 5) is 22.1. The molecule has 0 aromatic heterocycles. The number of carboxylic acid groups (broad SMARTS) is 2. The molecule has 0 radical (unpaired) electrons. The lowest BCUT2D eigenvalue weighted by molar-refractivity contribution is -0.308. The highest BCUT2D eigenvalue weighted by Crippen LogP contribution is 2.35. The van der Waals surface area contributed by atoms with Crippen LogP contribution >= 0.6 is 0 Å². The fraction of sp³-hybridized carbons (Fsp3) is 0.316. The number of aryl methyl sites for hydroxylation is 1. The molecule has 0 unspecified atom stereocenters. The van der Waals surface area contributed by atoms with E-state index in [0.29, 0.717) is 24.0 Å². The van der Waals surface area contributed by atoms with Gasteiger partial charge in [0, 0.05) is 5.97 Å². The smallest absolute Gasteiger partial charge is 0.128 e. The van der Waals surface area contributed by atoms with Gasteiger partial charge in [-0.15, -0.1) is 0 Å². The van der Waals surface area contributed by atoms with Crippen molar-refractivity contribution in [3.05, 3.63) is 113 Å². The van der Waals surface area contributed by atoms with Crippen LogP contribution in [0.5, 0.6) is 5.75 Å². The Morgan fingerprint density at radius 1 is 0.644 bits per heavy atom. The molecular formula is C38H48N2O5. The molecule has 0 atom stereocenters. The Labute approximate surface area is 267 Å². The van der Waals surface area contributed by atoms with Crippen molar-refractivity contribution in [3.8, 4) is 28.0 Å². The minimum absolute atomic E-state index is 0. The van der Waals surface area contributed by atoms with Crippen LogP contribution in [0, 0.1) is 11.8 Å². The van der Waals surface area contributed by atoms with Crippen molar-refractivity contribution in [1.29, 1.82) is 0 Å². The topological polar surface area (TPSA) is 162 Å². The molecule has 7 nitrogen and oxygen atoms in total. The van der Waals surface area contributed by atoms with E-state index in [1.807, 2.05) is 24.3 Å². The maximum absolute atomic E-state index is 11.1. The summed E-state index contributed by atoms with van der Waals surface area (Å²) in [6.07, 6.45) is 2.84. The Morgan fingerprint density at radius 2 is 1.22 bits per heavy atom. The van der Waals surface area contributed by atoms with Crippen molar-refractivity contribution in [2.24, 2.45) is 11.8 Å². The summed E-state index contributed by atoms with van der Waals surface area (Å²) in [5.41, 5.74) is 9.99. The van der Waals surface area contributed by atoms with Crippen LogP contribution in [0.4, 0.5) is 0 Å². The first-order valence-electron chi connectivity index (χ1n) is 15.0. The maximum Gasteiger partial charge on any atom is 0.128 e. The third kappa shape index (κ3) is 10.6. The van der Waals surface area contributed by atoms with Crippen molar-refractivity contribution in [3.63, 3.8) is 0 Å². The van der Waals surface area contributed by atoms with Crippen LogP contribution in [0.2, 0.25) is 0 Å². The molecule has 0 aliphatic heterocycles. The SMILES string of the molecule is CC(C)Cc1cc(-c2ccc(-c3ccc(CCC(=O)[O-])cc3CC(C)C)cc2Cc2ccccc2)ccc1OCC(=O)[O-].[NH4+].[NH4+]. The van der Waals surface area contributed by atoms with E-state index in [2.05, 4.69) is 88.4 Å². The quantitative estimate of drug-likeness (QED) is 0.164. The van der Waals surface area contributed by atoms with Gasteiger partial charge in [-0.3, -0.25) is 0 Å². The van der Waals surface area contributed by atoms with E-state index in [9.17, 15) is 19.8 Å². The van der Waals surface area contributed by atoms with Gasteiger partial charge in [0.05, 0.1) is 5.97 Å². The summed E-state index contributed by atoms with van der Waals surface area (Å²) < 4.78 is 5.58. The lowest BCUT2D eigenvalue weighted by Crippen LogP contribution is -2.29. The molecule has 4 aromatic carbocycles. The van der Waals surface area contributed by atoms with Crippen LogP contribution in [0.3, 0.4) is 0 Å². The second kappa shape index (κ2) is 17.1. The van der Waals surface area contributed by atoms with Gasteiger partial charge in [-0.05, 0) is 106 Å². The Hall–Kier alpha value is -4.46. The number of benzene rings is 4. The molecule has 0 saturated carbocycles. The molecule has 4 rings (SSSR count). The third-order valence-electron chi connectivity index (χ3n) is 7.41. The minimum atomic E-state index is -1.25. The summed E-state index contributed by atoms with van der Waals surface area (Å²) in [7, 11) is 0. The summed E-state index contributed by atoms with van der Waals surface area (Å²) >= 11 is 0. The van der Waals surface area contributed by atoms with E-state index in [4.69, 9.17) is 4.74 Å². The van der Waals surface area contributed by atoms with Crippen molar-refractivity contribution in [2.75, 3.05) is 6.61 Å². The molecular weight excluding hydrogens is 564 g/mol. The largest absolute Gasteiger partial charge is 0.550 e. The second-order valence-electron chi connectivity index (χ2n) is 12.1. The van der Waals surface area contributed by atoms with Crippen molar-refractivity contribution in [2.45, 2.75) is 59.8 Å². The molecule has 8 N–H and O–H groups in total. The Balaban J connectivity index is 0.00000353. The molecule has 0 fully saturated rings. The molecule has 240 valence electrons. The maximum atomic E-state index is 11.1. The second-order valence-corrected chi connectivity index (χ2v) is 12.1. The van der Waals surface area contributed by atoms with Crippen molar-refractivity contribution in [1.82, 2.24) is 12.3 Å². The fourth-order valence-corrected chi connectivity index (χ4v) is 5.57. The van der Waals surface area contributed by atoms with Crippen LogP contribution < -0.4 is 27.3 Å². The van der Waals surface area contributed by atoms with Gasteiger partial charge in [-0.1, -0.05) is 100 Å². The molecule has 7 heteroatoms. The standard InChI is InChI=1S/C38H42O5.2H3N/c1-25(2)18-31-21-28(11-17-37(39)40)10-14-34(31)29-12-15-35(32(22-29)20-27-8-6-5-7-9-27)30-13-16-36(43-24-38(41)42)33(23-30)19-26(3)4;;/h5-10,12-16,21-23,25-26H,11,17-20,24H2,1-4H3,(H,39,40)(H,41,42);2*1H3. The first-order chi connectivity index (χ1) is 20.6. The number of ether oxygens (including phenoxy) is 1. The van der Waals surface area contributed by atoms with Crippen LogP contribution in [-0.2, 0) is 35.3 Å². The van der Waals surface area contributed by atoms with Gasteiger partial charge in [0.2, 0.25) is 0 Å². The summed E-state index contributed by atoms with van der Waals surface area (Å²) in [6, 6.07) is 29.2. The zero-order valence-electron chi connectivity index (χ0n) is 27.5. The van der Waals surface area contributed by atoms with Gasteiger partial charge in [0.1, 0.15) is 12.4 Å². The van der Waals surface area contributed by atoms with E-state index in [1.165, 1.54) is 16.7 Å². The Kier molecular flexibility index (Phi) is 14.0. The number of quaternary nitrogens is 2. The highest BCUT2D eigenvalue weighted by Gasteiger charge is 2.15. The van der Waals surface area contributed by atoms with Crippen molar-refractivity contribution < 1.29 is 24.5 Å². The summed E-state index contributed by atoms with van der Waals surface area (Å²) in [6.45, 7) is 8.16. The monoisotopic (exact) mass is 612 g/mol. The molecule has 0 saturated heterocycles. The lowest BCUT2D eigenvalue weighted by atomic mass is 9.87. The number of carbonyl (C=O) groups is 2. The van der Waals surface area contributed by atoms with E-state index in [0.717, 1.165) is 52.6 Å². The van der Waals surface area contributed by atoms with Crippen LogP contribution in [0.1, 0.15) is 61.9 Å². The van der Waals surface area contributed by atoms with E-state index >= 15 is 0 Å². The minimum Gasteiger partial charge on any atom is -0.550 e. The number of rotatable bonds is 14.